The maximum absolute atomic E-state index is 4.28. The summed E-state index contributed by atoms with van der Waals surface area (Å²) < 4.78 is 0. The highest BCUT2D eigenvalue weighted by atomic mass is 14.1. The topological polar surface area (TPSA) is 0 Å². The van der Waals surface area contributed by atoms with Crippen LogP contribution < -0.4 is 0 Å². The quantitative estimate of drug-likeness (QED) is 0.293. The first-order chi connectivity index (χ1) is 12.9. The molecule has 0 spiro atoms. The Labute approximate surface area is 166 Å². The van der Waals surface area contributed by atoms with Gasteiger partial charge in [-0.15, -0.1) is 6.58 Å². The third-order valence-corrected chi connectivity index (χ3v) is 4.39. The van der Waals surface area contributed by atoms with Crippen molar-refractivity contribution in [2.24, 2.45) is 0 Å². The fraction of sp³-hybridized carbons (Fsp3) is 0.185. The van der Waals surface area contributed by atoms with Crippen LogP contribution in [0.3, 0.4) is 0 Å². The summed E-state index contributed by atoms with van der Waals surface area (Å²) in [7, 11) is 0. The lowest BCUT2D eigenvalue weighted by molar-refractivity contribution is 1.13. The molecule has 0 heteroatoms. The highest BCUT2D eigenvalue weighted by molar-refractivity contribution is 5.76. The van der Waals surface area contributed by atoms with Crippen molar-refractivity contribution < 1.29 is 0 Å². The standard InChI is InChI=1S/C27H32/c1-8-13-21(4)19-25(14-9-2)20-24(7)22(5)17-18-26(10-3)27-16-12-11-15-23(27)6/h8-12,14-19H,1-3,7,13,20H2,4-6H3/b21-19+,22-17+,25-14+,26-18+. The van der Waals surface area contributed by atoms with Crippen LogP contribution in [0.4, 0.5) is 0 Å². The second-order valence-corrected chi connectivity index (χ2v) is 6.73. The van der Waals surface area contributed by atoms with Gasteiger partial charge in [-0.25, -0.2) is 0 Å². The normalized spacial score (nSPS) is 13.3. The second-order valence-electron chi connectivity index (χ2n) is 6.73. The number of benzene rings is 1. The van der Waals surface area contributed by atoms with E-state index in [9.17, 15) is 0 Å². The van der Waals surface area contributed by atoms with E-state index in [2.05, 4.69) is 89.6 Å². The molecule has 0 fully saturated rings. The van der Waals surface area contributed by atoms with Crippen LogP contribution >= 0.6 is 0 Å². The molecule has 0 saturated heterocycles. The molecule has 1 aromatic rings. The lowest BCUT2D eigenvalue weighted by Crippen LogP contribution is -1.89. The van der Waals surface area contributed by atoms with E-state index in [4.69, 9.17) is 0 Å². The molecule has 0 saturated carbocycles. The van der Waals surface area contributed by atoms with Crippen molar-refractivity contribution in [1.82, 2.24) is 0 Å². The molecule has 0 N–H and O–H groups in total. The molecule has 0 aliphatic rings. The molecule has 1 aromatic carbocycles. The zero-order valence-corrected chi connectivity index (χ0v) is 17.1. The van der Waals surface area contributed by atoms with E-state index >= 15 is 0 Å². The Hall–Kier alpha value is -2.86. The molecule has 0 bridgehead atoms. The van der Waals surface area contributed by atoms with Crippen LogP contribution in [0.15, 0.2) is 115 Å². The Bertz CT molecular complexity index is 819. The summed E-state index contributed by atoms with van der Waals surface area (Å²) in [5.41, 5.74) is 8.30. The molecule has 0 aliphatic heterocycles. The molecule has 140 valence electrons. The Morgan fingerprint density at radius 2 is 1.70 bits per heavy atom. The second kappa shape index (κ2) is 11.7. The molecular formula is C27H32. The fourth-order valence-electron chi connectivity index (χ4n) is 2.80. The maximum Gasteiger partial charge on any atom is -0.00290 e. The van der Waals surface area contributed by atoms with Gasteiger partial charge in [-0.1, -0.05) is 92.1 Å². The number of aryl methyl sites for hydroxylation is 1. The Kier molecular flexibility index (Phi) is 9.61. The third kappa shape index (κ3) is 7.50. The Morgan fingerprint density at radius 1 is 1.00 bits per heavy atom. The molecule has 27 heavy (non-hydrogen) atoms. The highest BCUT2D eigenvalue weighted by Gasteiger charge is 2.03. The lowest BCUT2D eigenvalue weighted by atomic mass is 9.96. The molecule has 0 unspecified atom stereocenters. The predicted molar refractivity (Wildman–Crippen MR) is 124 cm³/mol. The van der Waals surface area contributed by atoms with Crippen molar-refractivity contribution >= 4 is 5.57 Å². The third-order valence-electron chi connectivity index (χ3n) is 4.39. The minimum Gasteiger partial charge on any atom is -0.103 e. The molecule has 1 rings (SSSR count). The fourth-order valence-corrected chi connectivity index (χ4v) is 2.80. The summed E-state index contributed by atoms with van der Waals surface area (Å²) >= 11 is 0. The van der Waals surface area contributed by atoms with Crippen LogP contribution in [0.1, 0.15) is 37.8 Å². The van der Waals surface area contributed by atoms with Crippen molar-refractivity contribution in [2.75, 3.05) is 0 Å². The first-order valence-corrected chi connectivity index (χ1v) is 9.27. The van der Waals surface area contributed by atoms with Gasteiger partial charge in [-0.3, -0.25) is 0 Å². The van der Waals surface area contributed by atoms with E-state index in [-0.39, 0.29) is 0 Å². The summed E-state index contributed by atoms with van der Waals surface area (Å²) in [4.78, 5) is 0. The summed E-state index contributed by atoms with van der Waals surface area (Å²) in [6.45, 7) is 22.2. The lowest BCUT2D eigenvalue weighted by Gasteiger charge is -2.09. The van der Waals surface area contributed by atoms with Gasteiger partial charge in [0.1, 0.15) is 0 Å². The zero-order chi connectivity index (χ0) is 20.2. The molecule has 0 aromatic heterocycles. The van der Waals surface area contributed by atoms with E-state index < -0.39 is 0 Å². The van der Waals surface area contributed by atoms with Crippen molar-refractivity contribution in [2.45, 2.75) is 33.6 Å². The Balaban J connectivity index is 3.02. The summed E-state index contributed by atoms with van der Waals surface area (Å²) in [5, 5.41) is 0. The van der Waals surface area contributed by atoms with E-state index in [1.807, 2.05) is 24.3 Å². The van der Waals surface area contributed by atoms with Crippen LogP contribution in [0, 0.1) is 6.92 Å². The largest absolute Gasteiger partial charge is 0.103 e. The molecular weight excluding hydrogens is 324 g/mol. The minimum atomic E-state index is 0.796. The van der Waals surface area contributed by atoms with Crippen LogP contribution in [0.25, 0.3) is 5.57 Å². The van der Waals surface area contributed by atoms with E-state index in [1.54, 1.807) is 0 Å². The van der Waals surface area contributed by atoms with Crippen molar-refractivity contribution in [3.8, 4) is 0 Å². The van der Waals surface area contributed by atoms with Gasteiger partial charge in [-0.05, 0) is 67.0 Å². The van der Waals surface area contributed by atoms with Gasteiger partial charge >= 0.3 is 0 Å². The summed E-state index contributed by atoms with van der Waals surface area (Å²) in [6.07, 6.45) is 15.8. The molecule has 0 amide bonds. The van der Waals surface area contributed by atoms with Crippen molar-refractivity contribution in [3.63, 3.8) is 0 Å². The van der Waals surface area contributed by atoms with Gasteiger partial charge < -0.3 is 0 Å². The van der Waals surface area contributed by atoms with Gasteiger partial charge in [0.05, 0.1) is 0 Å². The van der Waals surface area contributed by atoms with Gasteiger partial charge in [-0.2, -0.15) is 0 Å². The average Bonchev–Trinajstić information content (AvgIpc) is 2.63. The summed E-state index contributed by atoms with van der Waals surface area (Å²) in [6, 6.07) is 8.35. The van der Waals surface area contributed by atoms with Crippen LogP contribution in [0.5, 0.6) is 0 Å². The molecule has 0 atom stereocenters. The highest BCUT2D eigenvalue weighted by Crippen LogP contribution is 2.23. The van der Waals surface area contributed by atoms with Gasteiger partial charge in [0.15, 0.2) is 0 Å². The number of allylic oxidation sites excluding steroid dienone is 12. The Morgan fingerprint density at radius 3 is 2.30 bits per heavy atom. The van der Waals surface area contributed by atoms with Crippen LogP contribution in [0.2, 0.25) is 0 Å². The van der Waals surface area contributed by atoms with Crippen LogP contribution in [-0.4, -0.2) is 0 Å². The van der Waals surface area contributed by atoms with Crippen molar-refractivity contribution in [1.29, 1.82) is 0 Å². The van der Waals surface area contributed by atoms with Gasteiger partial charge in [0.25, 0.3) is 0 Å². The smallest absolute Gasteiger partial charge is 0.00290 e. The minimum absolute atomic E-state index is 0.796. The number of hydrogen-bond donors (Lipinski definition) is 0. The molecule has 0 aliphatic carbocycles. The first-order valence-electron chi connectivity index (χ1n) is 9.27. The number of hydrogen-bond acceptors (Lipinski definition) is 0. The predicted octanol–water partition coefficient (Wildman–Crippen LogP) is 8.09. The first kappa shape index (κ1) is 22.2. The van der Waals surface area contributed by atoms with Gasteiger partial charge in [0, 0.05) is 0 Å². The van der Waals surface area contributed by atoms with E-state index in [0.717, 1.165) is 29.6 Å². The van der Waals surface area contributed by atoms with E-state index in [0.29, 0.717) is 0 Å². The number of rotatable bonds is 10. The molecule has 0 nitrogen and oxygen atoms in total. The molecule has 0 heterocycles. The molecule has 0 radical (unpaired) electrons. The maximum atomic E-state index is 4.28. The van der Waals surface area contributed by atoms with E-state index in [1.165, 1.54) is 22.3 Å². The monoisotopic (exact) mass is 356 g/mol. The summed E-state index contributed by atoms with van der Waals surface area (Å²) in [5.74, 6) is 0. The zero-order valence-electron chi connectivity index (χ0n) is 17.1. The SMILES string of the molecule is C=C/C=C(\C=C(/C)CC=C)CC(=C)/C(C)=C/C=C(\C=C)c1ccccc1C. The van der Waals surface area contributed by atoms with Gasteiger partial charge in [0.2, 0.25) is 0 Å². The average molecular weight is 357 g/mol. The van der Waals surface area contributed by atoms with Crippen LogP contribution in [-0.2, 0) is 0 Å². The van der Waals surface area contributed by atoms with Crippen molar-refractivity contribution in [3.05, 3.63) is 127 Å².